The number of hydrogen-bond acceptors (Lipinski definition) is 2. The maximum absolute atomic E-state index is 13.6. The van der Waals surface area contributed by atoms with E-state index in [0.29, 0.717) is 16.7 Å². The van der Waals surface area contributed by atoms with Gasteiger partial charge in [-0.3, -0.25) is 0 Å². The molecule has 0 aliphatic heterocycles. The number of rotatable bonds is 1. The summed E-state index contributed by atoms with van der Waals surface area (Å²) in [7, 11) is 0. The predicted octanol–water partition coefficient (Wildman–Crippen LogP) is 3.66. The lowest BCUT2D eigenvalue weighted by Gasteiger charge is -2.00. The van der Waals surface area contributed by atoms with Crippen molar-refractivity contribution in [2.24, 2.45) is 5.73 Å². The largest absolute Gasteiger partial charge is 0.458 e. The summed E-state index contributed by atoms with van der Waals surface area (Å²) in [5.41, 5.74) is 7.05. The molecule has 0 radical (unpaired) electrons. The summed E-state index contributed by atoms with van der Waals surface area (Å²) in [4.78, 5) is 0. The van der Waals surface area contributed by atoms with E-state index in [-0.39, 0.29) is 11.9 Å². The highest BCUT2D eigenvalue weighted by atomic mass is 79.9. The van der Waals surface area contributed by atoms with Crippen LogP contribution in [0.25, 0.3) is 11.0 Å². The Morgan fingerprint density at radius 3 is 2.67 bits per heavy atom. The average molecular weight is 272 g/mol. The summed E-state index contributed by atoms with van der Waals surface area (Å²) in [5, 5.41) is 0.511. The Bertz CT molecular complexity index is 519. The van der Waals surface area contributed by atoms with E-state index in [1.54, 1.807) is 6.07 Å². The van der Waals surface area contributed by atoms with E-state index in [2.05, 4.69) is 15.9 Å². The van der Waals surface area contributed by atoms with Crippen LogP contribution in [-0.2, 0) is 0 Å². The minimum absolute atomic E-state index is 0.233. The molecule has 0 saturated heterocycles. The molecule has 1 unspecified atom stereocenters. The highest BCUT2D eigenvalue weighted by molar-refractivity contribution is 9.10. The molecule has 80 valence electrons. The molecule has 0 fully saturated rings. The van der Waals surface area contributed by atoms with Gasteiger partial charge in [0.15, 0.2) is 5.58 Å². The van der Waals surface area contributed by atoms with Crippen LogP contribution in [0.1, 0.15) is 24.3 Å². The Labute approximate surface area is 95.4 Å². The molecule has 1 atom stereocenters. The number of fused-ring (bicyclic) bond motifs is 1. The molecule has 2 aromatic rings. The van der Waals surface area contributed by atoms with Crippen LogP contribution < -0.4 is 5.73 Å². The lowest BCUT2D eigenvalue weighted by Crippen LogP contribution is -2.04. The van der Waals surface area contributed by atoms with E-state index >= 15 is 0 Å². The first kappa shape index (κ1) is 10.6. The fourth-order valence-electron chi connectivity index (χ4n) is 1.73. The van der Waals surface area contributed by atoms with Gasteiger partial charge in [0.25, 0.3) is 0 Å². The SMILES string of the molecule is Cc1c(C(C)N)oc2c(Br)ccc(F)c12. The van der Waals surface area contributed by atoms with Crippen LogP contribution in [0.3, 0.4) is 0 Å². The molecule has 1 heterocycles. The highest BCUT2D eigenvalue weighted by Gasteiger charge is 2.18. The topological polar surface area (TPSA) is 39.2 Å². The second-order valence-electron chi connectivity index (χ2n) is 3.61. The molecule has 0 aliphatic carbocycles. The quantitative estimate of drug-likeness (QED) is 0.860. The van der Waals surface area contributed by atoms with Gasteiger partial charge in [0.2, 0.25) is 0 Å². The van der Waals surface area contributed by atoms with E-state index in [9.17, 15) is 4.39 Å². The third-order valence-corrected chi connectivity index (χ3v) is 3.05. The number of halogens is 2. The normalized spacial score (nSPS) is 13.4. The maximum Gasteiger partial charge on any atom is 0.151 e. The van der Waals surface area contributed by atoms with Crippen molar-refractivity contribution in [1.29, 1.82) is 0 Å². The fraction of sp³-hybridized carbons (Fsp3) is 0.273. The molecular formula is C11H11BrFNO. The van der Waals surface area contributed by atoms with Gasteiger partial charge in [-0.2, -0.15) is 0 Å². The van der Waals surface area contributed by atoms with Gasteiger partial charge < -0.3 is 10.2 Å². The van der Waals surface area contributed by atoms with Gasteiger partial charge in [-0.1, -0.05) is 0 Å². The van der Waals surface area contributed by atoms with Gasteiger partial charge in [-0.25, -0.2) is 4.39 Å². The molecule has 1 aromatic carbocycles. The van der Waals surface area contributed by atoms with Crippen molar-refractivity contribution in [1.82, 2.24) is 0 Å². The van der Waals surface area contributed by atoms with Gasteiger partial charge in [-0.15, -0.1) is 0 Å². The average Bonchev–Trinajstić information content (AvgIpc) is 2.51. The van der Waals surface area contributed by atoms with E-state index in [0.717, 1.165) is 10.0 Å². The zero-order valence-corrected chi connectivity index (χ0v) is 10.1. The second-order valence-corrected chi connectivity index (χ2v) is 4.47. The van der Waals surface area contributed by atoms with Crippen LogP contribution in [0.2, 0.25) is 0 Å². The van der Waals surface area contributed by atoms with Gasteiger partial charge >= 0.3 is 0 Å². The first-order valence-electron chi connectivity index (χ1n) is 4.65. The Balaban J connectivity index is 2.87. The molecule has 0 aliphatic rings. The summed E-state index contributed by atoms with van der Waals surface area (Å²) >= 11 is 3.33. The Morgan fingerprint density at radius 1 is 1.47 bits per heavy atom. The van der Waals surface area contributed by atoms with Gasteiger partial charge in [0, 0.05) is 5.56 Å². The van der Waals surface area contributed by atoms with Gasteiger partial charge in [-0.05, 0) is 41.9 Å². The standard InChI is InChI=1S/C11H11BrFNO/c1-5-9-8(13)4-3-7(12)11(9)15-10(5)6(2)14/h3-4,6H,14H2,1-2H3. The zero-order chi connectivity index (χ0) is 11.2. The molecule has 2 rings (SSSR count). The van der Waals surface area contributed by atoms with Crippen molar-refractivity contribution < 1.29 is 8.81 Å². The van der Waals surface area contributed by atoms with Gasteiger partial charge in [0.1, 0.15) is 11.6 Å². The fourth-order valence-corrected chi connectivity index (χ4v) is 2.14. The third kappa shape index (κ3) is 1.58. The van der Waals surface area contributed by atoms with Crippen molar-refractivity contribution in [3.8, 4) is 0 Å². The van der Waals surface area contributed by atoms with E-state index < -0.39 is 0 Å². The highest BCUT2D eigenvalue weighted by Crippen LogP contribution is 2.34. The molecule has 2 nitrogen and oxygen atoms in total. The Kier molecular flexibility index (Phi) is 2.56. The monoisotopic (exact) mass is 271 g/mol. The maximum atomic E-state index is 13.6. The van der Waals surface area contributed by atoms with Crippen LogP contribution in [-0.4, -0.2) is 0 Å². The van der Waals surface area contributed by atoms with Crippen LogP contribution in [0.5, 0.6) is 0 Å². The molecular weight excluding hydrogens is 261 g/mol. The predicted molar refractivity (Wildman–Crippen MR) is 61.2 cm³/mol. The molecule has 1 aromatic heterocycles. The number of benzene rings is 1. The number of furan rings is 1. The molecule has 0 saturated carbocycles. The molecule has 15 heavy (non-hydrogen) atoms. The van der Waals surface area contributed by atoms with E-state index in [1.165, 1.54) is 6.07 Å². The molecule has 0 spiro atoms. The number of nitrogens with two attached hydrogens (primary N) is 1. The number of hydrogen-bond donors (Lipinski definition) is 1. The summed E-state index contributed by atoms with van der Waals surface area (Å²) < 4.78 is 19.9. The van der Waals surface area contributed by atoms with Crippen LogP contribution >= 0.6 is 15.9 Å². The van der Waals surface area contributed by atoms with Crippen molar-refractivity contribution in [2.75, 3.05) is 0 Å². The molecule has 0 bridgehead atoms. The summed E-state index contributed by atoms with van der Waals surface area (Å²) in [6.45, 7) is 3.64. The van der Waals surface area contributed by atoms with Crippen molar-refractivity contribution in [2.45, 2.75) is 19.9 Å². The number of aryl methyl sites for hydroxylation is 1. The minimum Gasteiger partial charge on any atom is -0.458 e. The Morgan fingerprint density at radius 2 is 2.13 bits per heavy atom. The van der Waals surface area contributed by atoms with E-state index in [4.69, 9.17) is 10.2 Å². The third-order valence-electron chi connectivity index (χ3n) is 2.43. The summed E-state index contributed by atoms with van der Waals surface area (Å²) in [5.74, 6) is 0.358. The van der Waals surface area contributed by atoms with Crippen molar-refractivity contribution >= 4 is 26.9 Å². The second kappa shape index (κ2) is 3.61. The minimum atomic E-state index is -0.277. The molecule has 0 amide bonds. The lowest BCUT2D eigenvalue weighted by molar-refractivity contribution is 0.508. The van der Waals surface area contributed by atoms with Crippen LogP contribution in [0.15, 0.2) is 21.0 Å². The van der Waals surface area contributed by atoms with Crippen LogP contribution in [0, 0.1) is 12.7 Å². The molecule has 2 N–H and O–H groups in total. The van der Waals surface area contributed by atoms with Gasteiger partial charge in [0.05, 0.1) is 15.9 Å². The van der Waals surface area contributed by atoms with Crippen molar-refractivity contribution in [3.63, 3.8) is 0 Å². The first-order valence-corrected chi connectivity index (χ1v) is 5.44. The molecule has 4 heteroatoms. The lowest BCUT2D eigenvalue weighted by atomic mass is 10.1. The van der Waals surface area contributed by atoms with Crippen molar-refractivity contribution in [3.05, 3.63) is 33.7 Å². The smallest absolute Gasteiger partial charge is 0.151 e. The first-order chi connectivity index (χ1) is 7.02. The summed E-state index contributed by atoms with van der Waals surface area (Å²) in [6, 6.07) is 2.81. The Hall–Kier alpha value is -0.870. The van der Waals surface area contributed by atoms with E-state index in [1.807, 2.05) is 13.8 Å². The summed E-state index contributed by atoms with van der Waals surface area (Å²) in [6.07, 6.45) is 0. The van der Waals surface area contributed by atoms with Crippen LogP contribution in [0.4, 0.5) is 4.39 Å². The zero-order valence-electron chi connectivity index (χ0n) is 8.47.